The molecule has 1 N–H and O–H groups in total. The molecule has 1 aromatic carbocycles. The Labute approximate surface area is 125 Å². The van der Waals surface area contributed by atoms with Crippen LogP contribution in [0.4, 0.5) is 0 Å². The van der Waals surface area contributed by atoms with E-state index in [1.165, 1.54) is 0 Å². The van der Waals surface area contributed by atoms with E-state index in [4.69, 9.17) is 11.6 Å². The maximum atomic E-state index is 12.2. The van der Waals surface area contributed by atoms with Crippen LogP contribution in [0.2, 0.25) is 5.02 Å². The van der Waals surface area contributed by atoms with Crippen molar-refractivity contribution in [1.82, 2.24) is 9.80 Å². The maximum absolute atomic E-state index is 12.2. The normalized spacial score (nSPS) is 11.8. The van der Waals surface area contributed by atoms with Crippen LogP contribution < -0.4 is 0 Å². The first-order valence-electron chi connectivity index (χ1n) is 6.57. The van der Waals surface area contributed by atoms with Gasteiger partial charge in [0.15, 0.2) is 0 Å². The number of halogens is 1. The van der Waals surface area contributed by atoms with Crippen molar-refractivity contribution >= 4 is 17.5 Å². The predicted molar refractivity (Wildman–Crippen MR) is 81.7 cm³/mol. The molecule has 5 heteroatoms. The van der Waals surface area contributed by atoms with Gasteiger partial charge in [-0.25, -0.2) is 0 Å². The van der Waals surface area contributed by atoms with Crippen molar-refractivity contribution in [3.63, 3.8) is 0 Å². The predicted octanol–water partition coefficient (Wildman–Crippen LogP) is 2.00. The summed E-state index contributed by atoms with van der Waals surface area (Å²) >= 11 is 5.93. The Morgan fingerprint density at radius 2 is 2.00 bits per heavy atom. The topological polar surface area (TPSA) is 43.8 Å². The van der Waals surface area contributed by atoms with E-state index in [1.807, 2.05) is 50.1 Å². The van der Waals surface area contributed by atoms with Crippen LogP contribution in [0, 0.1) is 0 Å². The average molecular weight is 299 g/mol. The molecule has 0 aliphatic rings. The van der Waals surface area contributed by atoms with Crippen molar-refractivity contribution < 1.29 is 9.90 Å². The molecule has 0 spiro atoms. The van der Waals surface area contributed by atoms with Crippen molar-refractivity contribution in [3.05, 3.63) is 34.9 Å². The summed E-state index contributed by atoms with van der Waals surface area (Å²) in [6.07, 6.45) is 0. The van der Waals surface area contributed by atoms with E-state index >= 15 is 0 Å². The first kappa shape index (κ1) is 17.0. The van der Waals surface area contributed by atoms with Gasteiger partial charge < -0.3 is 10.0 Å². The Balaban J connectivity index is 2.59. The van der Waals surface area contributed by atoms with Crippen LogP contribution in [-0.4, -0.2) is 53.6 Å². The second kappa shape index (κ2) is 7.07. The first-order valence-corrected chi connectivity index (χ1v) is 6.94. The molecule has 0 atom stereocenters. The van der Waals surface area contributed by atoms with E-state index in [0.717, 1.165) is 5.56 Å². The molecule has 0 aliphatic heterocycles. The Kier molecular flexibility index (Phi) is 5.99. The number of hydrogen-bond acceptors (Lipinski definition) is 3. The van der Waals surface area contributed by atoms with Crippen LogP contribution in [0.5, 0.6) is 0 Å². The number of amides is 1. The fraction of sp³-hybridized carbons (Fsp3) is 0.533. The first-order chi connectivity index (χ1) is 9.26. The highest BCUT2D eigenvalue weighted by molar-refractivity contribution is 6.30. The summed E-state index contributed by atoms with van der Waals surface area (Å²) in [5.74, 6) is 0.00833. The van der Waals surface area contributed by atoms with Gasteiger partial charge >= 0.3 is 0 Å². The van der Waals surface area contributed by atoms with Gasteiger partial charge in [-0.2, -0.15) is 0 Å². The van der Waals surface area contributed by atoms with Crippen LogP contribution in [0.1, 0.15) is 19.4 Å². The summed E-state index contributed by atoms with van der Waals surface area (Å²) in [5, 5.41) is 9.97. The summed E-state index contributed by atoms with van der Waals surface area (Å²) < 4.78 is 0. The van der Waals surface area contributed by atoms with E-state index in [-0.39, 0.29) is 19.1 Å². The highest BCUT2D eigenvalue weighted by Crippen LogP contribution is 2.14. The number of benzene rings is 1. The van der Waals surface area contributed by atoms with Crippen molar-refractivity contribution in [2.45, 2.75) is 25.9 Å². The van der Waals surface area contributed by atoms with Crippen LogP contribution in [-0.2, 0) is 11.3 Å². The number of carbonyl (C=O) groups excluding carboxylic acids is 1. The zero-order chi connectivity index (χ0) is 15.3. The molecule has 0 bridgehead atoms. The quantitative estimate of drug-likeness (QED) is 0.873. The van der Waals surface area contributed by atoms with E-state index in [9.17, 15) is 9.90 Å². The van der Waals surface area contributed by atoms with Gasteiger partial charge in [0.2, 0.25) is 5.91 Å². The van der Waals surface area contributed by atoms with Gasteiger partial charge in [-0.1, -0.05) is 23.7 Å². The average Bonchev–Trinajstić information content (AvgIpc) is 2.38. The molecule has 0 saturated heterocycles. The third kappa shape index (κ3) is 4.78. The van der Waals surface area contributed by atoms with Gasteiger partial charge in [0.1, 0.15) is 0 Å². The zero-order valence-corrected chi connectivity index (χ0v) is 13.3. The molecule has 1 amide bonds. The van der Waals surface area contributed by atoms with Gasteiger partial charge in [-0.15, -0.1) is 0 Å². The molecule has 0 unspecified atom stereocenters. The second-order valence-corrected chi connectivity index (χ2v) is 6.14. The fourth-order valence-corrected chi connectivity index (χ4v) is 1.87. The van der Waals surface area contributed by atoms with Crippen LogP contribution in [0.15, 0.2) is 24.3 Å². The summed E-state index contributed by atoms with van der Waals surface area (Å²) in [5.41, 5.74) is 0.587. The lowest BCUT2D eigenvalue weighted by Gasteiger charge is -2.34. The standard InChI is InChI=1S/C15H23ClN2O2/c1-15(2,11-19)18(4)10-14(20)17(3)9-12-6-5-7-13(16)8-12/h5-8,19H,9-11H2,1-4H3. The minimum Gasteiger partial charge on any atom is -0.394 e. The van der Waals surface area contributed by atoms with Crippen molar-refractivity contribution in [2.75, 3.05) is 27.2 Å². The van der Waals surface area contributed by atoms with Gasteiger partial charge in [-0.05, 0) is 38.6 Å². The Bertz CT molecular complexity index is 463. The molecule has 0 radical (unpaired) electrons. The van der Waals surface area contributed by atoms with Crippen LogP contribution in [0.25, 0.3) is 0 Å². The van der Waals surface area contributed by atoms with E-state index in [0.29, 0.717) is 11.6 Å². The molecular formula is C15H23ClN2O2. The summed E-state index contributed by atoms with van der Waals surface area (Å²) in [7, 11) is 3.60. The molecule has 112 valence electrons. The lowest BCUT2D eigenvalue weighted by atomic mass is 10.1. The fourth-order valence-electron chi connectivity index (χ4n) is 1.66. The van der Waals surface area contributed by atoms with Crippen LogP contribution >= 0.6 is 11.6 Å². The van der Waals surface area contributed by atoms with Gasteiger partial charge in [0.05, 0.1) is 13.2 Å². The third-order valence-electron chi connectivity index (χ3n) is 3.53. The molecule has 1 aromatic rings. The summed E-state index contributed by atoms with van der Waals surface area (Å²) in [4.78, 5) is 15.7. The summed E-state index contributed by atoms with van der Waals surface area (Å²) in [6, 6.07) is 7.48. The Hall–Kier alpha value is -1.10. The van der Waals surface area contributed by atoms with Crippen molar-refractivity contribution in [2.24, 2.45) is 0 Å². The zero-order valence-electron chi connectivity index (χ0n) is 12.6. The van der Waals surface area contributed by atoms with Gasteiger partial charge in [0, 0.05) is 24.2 Å². The van der Waals surface area contributed by atoms with Gasteiger partial charge in [0.25, 0.3) is 0 Å². The number of aliphatic hydroxyl groups is 1. The van der Waals surface area contributed by atoms with E-state index in [1.54, 1.807) is 11.9 Å². The second-order valence-electron chi connectivity index (χ2n) is 5.71. The number of hydrogen-bond donors (Lipinski definition) is 1. The third-order valence-corrected chi connectivity index (χ3v) is 3.76. The minimum atomic E-state index is -0.410. The molecule has 1 rings (SSSR count). The van der Waals surface area contributed by atoms with E-state index in [2.05, 4.69) is 0 Å². The molecule has 0 saturated carbocycles. The number of aliphatic hydroxyl groups excluding tert-OH is 1. The molecule has 0 fully saturated rings. The molecule has 0 aliphatic carbocycles. The maximum Gasteiger partial charge on any atom is 0.236 e. The molecule has 4 nitrogen and oxygen atoms in total. The summed E-state index contributed by atoms with van der Waals surface area (Å²) in [6.45, 7) is 4.60. The molecule has 0 aromatic heterocycles. The molecule has 0 heterocycles. The number of likely N-dealkylation sites (N-methyl/N-ethyl adjacent to an activating group) is 2. The van der Waals surface area contributed by atoms with E-state index < -0.39 is 5.54 Å². The van der Waals surface area contributed by atoms with Crippen LogP contribution in [0.3, 0.4) is 0 Å². The lowest BCUT2D eigenvalue weighted by molar-refractivity contribution is -0.132. The van der Waals surface area contributed by atoms with Gasteiger partial charge in [-0.3, -0.25) is 9.69 Å². The monoisotopic (exact) mass is 298 g/mol. The van der Waals surface area contributed by atoms with Crippen molar-refractivity contribution in [1.29, 1.82) is 0 Å². The number of nitrogens with zero attached hydrogens (tertiary/aromatic N) is 2. The molecular weight excluding hydrogens is 276 g/mol. The number of rotatable bonds is 6. The SMILES string of the molecule is CN(Cc1cccc(Cl)c1)C(=O)CN(C)C(C)(C)CO. The largest absolute Gasteiger partial charge is 0.394 e. The highest BCUT2D eigenvalue weighted by Gasteiger charge is 2.25. The minimum absolute atomic E-state index is 0.00833. The van der Waals surface area contributed by atoms with Crippen molar-refractivity contribution in [3.8, 4) is 0 Å². The lowest BCUT2D eigenvalue weighted by Crippen LogP contribution is -2.48. The molecule has 20 heavy (non-hydrogen) atoms. The Morgan fingerprint density at radius 1 is 1.35 bits per heavy atom. The highest BCUT2D eigenvalue weighted by atomic mass is 35.5. The number of carbonyl (C=O) groups is 1. The Morgan fingerprint density at radius 3 is 2.55 bits per heavy atom. The smallest absolute Gasteiger partial charge is 0.236 e.